The third kappa shape index (κ3) is 5.21. The first-order valence-corrected chi connectivity index (χ1v) is 12.5. The molecular weight excluding hydrogens is 456 g/mol. The Morgan fingerprint density at radius 2 is 1.00 bits per heavy atom. The van der Waals surface area contributed by atoms with Gasteiger partial charge >= 0.3 is 11.9 Å². The molecule has 1 saturated carbocycles. The summed E-state index contributed by atoms with van der Waals surface area (Å²) in [6, 6.07) is 0. The standard InChI is InChI=1S/C30H38O6/c1-15-17(3)21(7)27(22(8)18(15)4)29(31)35-33-25-13-11-12-14-26(25)34-36-30(32)28-23(9)19(5)16(2)20(6)24(28)10/h11,25H,12-14H2,1-10H3. The molecule has 0 spiro atoms. The Balaban J connectivity index is 1.70. The van der Waals surface area contributed by atoms with Gasteiger partial charge < -0.3 is 0 Å². The maximum Gasteiger partial charge on any atom is 0.373 e. The fraction of sp³-hybridized carbons (Fsp3) is 0.467. The molecule has 1 aliphatic carbocycles. The molecule has 3 rings (SSSR count). The lowest BCUT2D eigenvalue weighted by atomic mass is 9.90. The number of carbonyl (C=O) groups is 2. The lowest BCUT2D eigenvalue weighted by Gasteiger charge is -2.27. The topological polar surface area (TPSA) is 71.1 Å². The Morgan fingerprint density at radius 3 is 1.44 bits per heavy atom. The molecule has 6 heteroatoms. The number of benzene rings is 2. The predicted molar refractivity (Wildman–Crippen MR) is 138 cm³/mol. The van der Waals surface area contributed by atoms with Crippen molar-refractivity contribution in [2.24, 2.45) is 0 Å². The van der Waals surface area contributed by atoms with Crippen molar-refractivity contribution in [1.82, 2.24) is 0 Å². The monoisotopic (exact) mass is 494 g/mol. The van der Waals surface area contributed by atoms with Gasteiger partial charge in [-0.15, -0.1) is 0 Å². The zero-order valence-electron chi connectivity index (χ0n) is 23.2. The number of hydrogen-bond donors (Lipinski definition) is 0. The van der Waals surface area contributed by atoms with E-state index in [2.05, 4.69) is 13.8 Å². The SMILES string of the molecule is Cc1c(C)c(C)c(C(=O)OO[C]2CC[CH]CC2OOC(=O)c2c(C)c(C)c(C)c(C)c2C)c(C)c1C. The zero-order chi connectivity index (χ0) is 26.9. The highest BCUT2D eigenvalue weighted by Crippen LogP contribution is 2.32. The van der Waals surface area contributed by atoms with Crippen molar-refractivity contribution in [3.8, 4) is 0 Å². The Bertz CT molecular complexity index is 1040. The molecule has 0 saturated heterocycles. The van der Waals surface area contributed by atoms with Gasteiger partial charge in [-0.05, 0) is 151 Å². The van der Waals surface area contributed by atoms with Gasteiger partial charge in [0.2, 0.25) is 0 Å². The van der Waals surface area contributed by atoms with Gasteiger partial charge in [0, 0.05) is 0 Å². The van der Waals surface area contributed by atoms with Crippen LogP contribution in [0.1, 0.15) is 95.6 Å². The fourth-order valence-corrected chi connectivity index (χ4v) is 4.88. The first kappa shape index (κ1) is 27.9. The lowest BCUT2D eigenvalue weighted by Crippen LogP contribution is -2.30. The molecule has 1 unspecified atom stereocenters. The van der Waals surface area contributed by atoms with Crippen LogP contribution in [-0.2, 0) is 19.6 Å². The van der Waals surface area contributed by atoms with E-state index in [9.17, 15) is 9.59 Å². The van der Waals surface area contributed by atoms with Gasteiger partial charge in [-0.2, -0.15) is 9.78 Å². The summed E-state index contributed by atoms with van der Waals surface area (Å²) < 4.78 is 0. The van der Waals surface area contributed by atoms with Gasteiger partial charge in [0.05, 0.1) is 11.1 Å². The van der Waals surface area contributed by atoms with Crippen LogP contribution in [0.5, 0.6) is 0 Å². The number of rotatable bonds is 6. The Labute approximate surface area is 215 Å². The lowest BCUT2D eigenvalue weighted by molar-refractivity contribution is -0.317. The Kier molecular flexibility index (Phi) is 8.63. The molecule has 2 radical (unpaired) electrons. The molecule has 1 fully saturated rings. The summed E-state index contributed by atoms with van der Waals surface area (Å²) in [5.74, 6) is -1.10. The van der Waals surface area contributed by atoms with Crippen LogP contribution in [-0.4, -0.2) is 18.0 Å². The maximum absolute atomic E-state index is 13.0. The first-order valence-electron chi connectivity index (χ1n) is 12.5. The van der Waals surface area contributed by atoms with Crippen molar-refractivity contribution < 1.29 is 29.1 Å². The quantitative estimate of drug-likeness (QED) is 0.320. The van der Waals surface area contributed by atoms with E-state index in [0.717, 1.165) is 50.9 Å². The van der Waals surface area contributed by atoms with Crippen LogP contribution < -0.4 is 0 Å². The van der Waals surface area contributed by atoms with Crippen LogP contribution in [0.25, 0.3) is 0 Å². The Morgan fingerprint density at radius 1 is 0.611 bits per heavy atom. The van der Waals surface area contributed by atoms with E-state index >= 15 is 0 Å². The highest BCUT2D eigenvalue weighted by atomic mass is 17.2. The molecule has 2 aromatic carbocycles. The van der Waals surface area contributed by atoms with Crippen molar-refractivity contribution in [3.63, 3.8) is 0 Å². The molecule has 0 aromatic heterocycles. The molecule has 0 heterocycles. The van der Waals surface area contributed by atoms with Crippen LogP contribution in [0.4, 0.5) is 0 Å². The van der Waals surface area contributed by atoms with E-state index in [1.165, 1.54) is 11.1 Å². The van der Waals surface area contributed by atoms with Gasteiger partial charge in [0.1, 0.15) is 6.10 Å². The molecule has 1 aliphatic rings. The van der Waals surface area contributed by atoms with Crippen molar-refractivity contribution in [3.05, 3.63) is 79.3 Å². The van der Waals surface area contributed by atoms with E-state index in [-0.39, 0.29) is 0 Å². The third-order valence-corrected chi connectivity index (χ3v) is 8.21. The summed E-state index contributed by atoms with van der Waals surface area (Å²) in [6.45, 7) is 19.8. The highest BCUT2D eigenvalue weighted by Gasteiger charge is 2.34. The van der Waals surface area contributed by atoms with E-state index in [1.54, 1.807) is 0 Å². The molecule has 6 nitrogen and oxygen atoms in total. The Hall–Kier alpha value is -2.70. The first-order chi connectivity index (χ1) is 16.9. The third-order valence-electron chi connectivity index (χ3n) is 8.21. The molecule has 0 bridgehead atoms. The molecule has 36 heavy (non-hydrogen) atoms. The normalized spacial score (nSPS) is 16.2. The summed E-state index contributed by atoms with van der Waals surface area (Å²) in [4.78, 5) is 47.5. The van der Waals surface area contributed by atoms with Gasteiger partial charge in [0.15, 0.2) is 6.10 Å². The second-order valence-electron chi connectivity index (χ2n) is 9.94. The van der Waals surface area contributed by atoms with Crippen molar-refractivity contribution in [2.45, 2.75) is 94.6 Å². The minimum absolute atomic E-state index is 0.416. The van der Waals surface area contributed by atoms with Gasteiger partial charge in [-0.25, -0.2) is 9.59 Å². The van der Waals surface area contributed by atoms with E-state index in [4.69, 9.17) is 19.6 Å². The highest BCUT2D eigenvalue weighted by molar-refractivity contribution is 5.94. The minimum atomic E-state index is -0.660. The van der Waals surface area contributed by atoms with E-state index < -0.39 is 18.0 Å². The molecule has 0 N–H and O–H groups in total. The van der Waals surface area contributed by atoms with Crippen molar-refractivity contribution in [1.29, 1.82) is 0 Å². The minimum Gasteiger partial charge on any atom is -0.292 e. The van der Waals surface area contributed by atoms with E-state index in [0.29, 0.717) is 30.1 Å². The van der Waals surface area contributed by atoms with Crippen molar-refractivity contribution in [2.75, 3.05) is 0 Å². The fourth-order valence-electron chi connectivity index (χ4n) is 4.88. The van der Waals surface area contributed by atoms with Crippen molar-refractivity contribution >= 4 is 11.9 Å². The van der Waals surface area contributed by atoms with Crippen LogP contribution in [0.3, 0.4) is 0 Å². The number of carbonyl (C=O) groups excluding carboxylic acids is 2. The van der Waals surface area contributed by atoms with Crippen LogP contribution in [0.2, 0.25) is 0 Å². The molecular formula is C30H38O6. The summed E-state index contributed by atoms with van der Waals surface area (Å²) >= 11 is 0. The molecule has 2 aromatic rings. The molecule has 0 amide bonds. The summed E-state index contributed by atoms with van der Waals surface area (Å²) in [5.41, 5.74) is 11.1. The van der Waals surface area contributed by atoms with Gasteiger partial charge in [-0.3, -0.25) is 9.78 Å². The van der Waals surface area contributed by atoms with Crippen LogP contribution in [0, 0.1) is 81.8 Å². The van der Waals surface area contributed by atoms with Crippen LogP contribution in [0.15, 0.2) is 0 Å². The predicted octanol–water partition coefficient (Wildman–Crippen LogP) is 6.94. The zero-order valence-corrected chi connectivity index (χ0v) is 23.2. The smallest absolute Gasteiger partial charge is 0.292 e. The summed E-state index contributed by atoms with van der Waals surface area (Å²) in [6.07, 6.45) is 3.51. The summed E-state index contributed by atoms with van der Waals surface area (Å²) in [7, 11) is 0. The number of hydrogen-bond acceptors (Lipinski definition) is 6. The maximum atomic E-state index is 13.0. The van der Waals surface area contributed by atoms with Gasteiger partial charge in [-0.1, -0.05) is 0 Å². The second kappa shape index (κ2) is 11.1. The largest absolute Gasteiger partial charge is 0.373 e. The van der Waals surface area contributed by atoms with E-state index in [1.807, 2.05) is 61.8 Å². The second-order valence-corrected chi connectivity index (χ2v) is 9.94. The average Bonchev–Trinajstić information content (AvgIpc) is 2.86. The molecule has 194 valence electrons. The van der Waals surface area contributed by atoms with Crippen LogP contribution >= 0.6 is 0 Å². The molecule has 1 atom stereocenters. The summed E-state index contributed by atoms with van der Waals surface area (Å²) in [5, 5.41) is 0. The average molecular weight is 495 g/mol. The van der Waals surface area contributed by atoms with Gasteiger partial charge in [0.25, 0.3) is 0 Å². The molecule has 0 aliphatic heterocycles.